The van der Waals surface area contributed by atoms with Crippen LogP contribution >= 0.6 is 12.6 Å². The monoisotopic (exact) mass is 583 g/mol. The highest BCUT2D eigenvalue weighted by Crippen LogP contribution is 2.34. The molecule has 2 atom stereocenters. The molecule has 1 aliphatic heterocycles. The molecule has 0 aliphatic carbocycles. The molecular formula is C29H33N3O6S2. The number of likely N-dealkylation sites (tertiary alicyclic amines) is 1. The molecule has 1 heterocycles. The van der Waals surface area contributed by atoms with Crippen LogP contribution in [0.1, 0.15) is 40.5 Å². The van der Waals surface area contributed by atoms with E-state index in [1.807, 2.05) is 12.1 Å². The van der Waals surface area contributed by atoms with E-state index in [1.165, 1.54) is 30.0 Å². The Labute approximate surface area is 239 Å². The average Bonchev–Trinajstić information content (AvgIpc) is 3.37. The van der Waals surface area contributed by atoms with Crippen LogP contribution in [0.25, 0.3) is 10.8 Å². The lowest BCUT2D eigenvalue weighted by Gasteiger charge is -2.36. The number of carbonyl (C=O) groups is 3. The summed E-state index contributed by atoms with van der Waals surface area (Å²) in [6.07, 6.45) is 0.876. The van der Waals surface area contributed by atoms with Crippen molar-refractivity contribution in [3.05, 3.63) is 66.7 Å². The topological polar surface area (TPSA) is 122 Å². The Morgan fingerprint density at radius 2 is 1.60 bits per heavy atom. The fourth-order valence-corrected chi connectivity index (χ4v) is 6.51. The third kappa shape index (κ3) is 6.10. The van der Waals surface area contributed by atoms with Gasteiger partial charge in [-0.25, -0.2) is 13.2 Å². The molecular weight excluding hydrogens is 550 g/mol. The van der Waals surface area contributed by atoms with Crippen molar-refractivity contribution < 1.29 is 27.5 Å². The molecule has 0 spiro atoms. The lowest BCUT2D eigenvalue weighted by atomic mass is 10.1. The van der Waals surface area contributed by atoms with Gasteiger partial charge in [-0.1, -0.05) is 49.0 Å². The van der Waals surface area contributed by atoms with Gasteiger partial charge in [0.25, 0.3) is 11.1 Å². The summed E-state index contributed by atoms with van der Waals surface area (Å²) in [6.45, 7) is 6.70. The molecule has 40 heavy (non-hydrogen) atoms. The first-order valence-corrected chi connectivity index (χ1v) is 14.8. The molecule has 0 bridgehead atoms. The van der Waals surface area contributed by atoms with Crippen LogP contribution in [0.3, 0.4) is 0 Å². The SMILES string of the molecule is CC(C)(C)OC(=O)[C@@H]1CCCN1C(=O)[C@](C)(Nc1cccc(NC(=O)S)c1)S(=O)(=O)c1ccc2ccccc2c1. The standard InChI is InChI=1S/C29H33N3O6S2/c1-28(2,3)38-25(33)24-13-8-16-32(24)26(34)29(4,31-22-12-7-11-21(18-22)30-27(35)39)40(36,37)23-15-14-19-9-5-6-10-20(19)17-23/h5-7,9-12,14-15,17-18,24,31H,8,13,16H2,1-4H3,(H2,30,35,39)/t24-,29+/m0/s1. The first-order valence-electron chi connectivity index (χ1n) is 12.9. The zero-order chi connectivity index (χ0) is 29.3. The van der Waals surface area contributed by atoms with E-state index in [4.69, 9.17) is 4.74 Å². The summed E-state index contributed by atoms with van der Waals surface area (Å²) < 4.78 is 34.3. The molecule has 9 nitrogen and oxygen atoms in total. The third-order valence-electron chi connectivity index (χ3n) is 6.67. The number of nitrogens with one attached hydrogen (secondary N) is 2. The molecule has 1 saturated heterocycles. The number of hydrogen-bond acceptors (Lipinski definition) is 7. The summed E-state index contributed by atoms with van der Waals surface area (Å²) >= 11 is 3.73. The van der Waals surface area contributed by atoms with Gasteiger partial charge in [0.2, 0.25) is 14.7 Å². The van der Waals surface area contributed by atoms with Gasteiger partial charge in [-0.2, -0.15) is 0 Å². The number of carbonyl (C=O) groups excluding carboxylic acids is 3. The molecule has 0 unspecified atom stereocenters. The Morgan fingerprint density at radius 1 is 0.925 bits per heavy atom. The summed E-state index contributed by atoms with van der Waals surface area (Å²) in [5.74, 6) is -1.36. The summed E-state index contributed by atoms with van der Waals surface area (Å²) in [7, 11) is -4.40. The van der Waals surface area contributed by atoms with Crippen molar-refractivity contribution >= 4 is 61.7 Å². The quantitative estimate of drug-likeness (QED) is 0.257. The Balaban J connectivity index is 1.80. The Bertz CT molecular complexity index is 1570. The highest BCUT2D eigenvalue weighted by molar-refractivity contribution is 7.96. The number of thiol groups is 1. The zero-order valence-electron chi connectivity index (χ0n) is 22.8. The van der Waals surface area contributed by atoms with Gasteiger partial charge >= 0.3 is 5.97 Å². The largest absolute Gasteiger partial charge is 0.458 e. The van der Waals surface area contributed by atoms with Gasteiger partial charge < -0.3 is 20.3 Å². The summed E-state index contributed by atoms with van der Waals surface area (Å²) in [5.41, 5.74) is -0.145. The summed E-state index contributed by atoms with van der Waals surface area (Å²) in [6, 6.07) is 17.4. The normalized spacial score (nSPS) is 17.2. The molecule has 212 valence electrons. The molecule has 3 aromatic rings. The number of sulfone groups is 1. The van der Waals surface area contributed by atoms with Crippen molar-refractivity contribution in [2.45, 2.75) is 61.9 Å². The van der Waals surface area contributed by atoms with Crippen molar-refractivity contribution in [3.63, 3.8) is 0 Å². The highest BCUT2D eigenvalue weighted by atomic mass is 32.2. The van der Waals surface area contributed by atoms with E-state index < -0.39 is 43.5 Å². The molecule has 2 N–H and O–H groups in total. The van der Waals surface area contributed by atoms with Crippen molar-refractivity contribution in [3.8, 4) is 0 Å². The van der Waals surface area contributed by atoms with Crippen molar-refractivity contribution in [1.29, 1.82) is 0 Å². The minimum atomic E-state index is -4.40. The Hall–Kier alpha value is -3.57. The number of fused-ring (bicyclic) bond motifs is 1. The number of rotatable bonds is 7. The number of nitrogens with zero attached hydrogens (tertiary/aromatic N) is 1. The Morgan fingerprint density at radius 3 is 2.27 bits per heavy atom. The molecule has 0 saturated carbocycles. The molecule has 4 rings (SSSR count). The van der Waals surface area contributed by atoms with Crippen LogP contribution < -0.4 is 10.6 Å². The first kappa shape index (κ1) is 29.4. The van der Waals surface area contributed by atoms with Crippen LogP contribution in [-0.2, 0) is 24.2 Å². The molecule has 3 aromatic carbocycles. The fourth-order valence-electron chi connectivity index (χ4n) is 4.78. The van der Waals surface area contributed by atoms with E-state index in [0.717, 1.165) is 5.39 Å². The lowest BCUT2D eigenvalue weighted by molar-refractivity contribution is -0.163. The van der Waals surface area contributed by atoms with E-state index in [-0.39, 0.29) is 17.1 Å². The van der Waals surface area contributed by atoms with Gasteiger partial charge in [-0.15, -0.1) is 0 Å². The summed E-state index contributed by atoms with van der Waals surface area (Å²) in [5, 5.41) is 6.41. The molecule has 0 radical (unpaired) electrons. The number of anilines is 2. The zero-order valence-corrected chi connectivity index (χ0v) is 24.5. The van der Waals surface area contributed by atoms with Gasteiger partial charge in [0.15, 0.2) is 0 Å². The third-order valence-corrected chi connectivity index (χ3v) is 9.00. The summed E-state index contributed by atoms with van der Waals surface area (Å²) in [4.78, 5) is 37.8. The fraction of sp³-hybridized carbons (Fsp3) is 0.345. The Kier molecular flexibility index (Phi) is 8.18. The predicted molar refractivity (Wildman–Crippen MR) is 158 cm³/mol. The molecule has 1 aliphatic rings. The van der Waals surface area contributed by atoms with Crippen LogP contribution in [0.15, 0.2) is 71.6 Å². The second-order valence-electron chi connectivity index (χ2n) is 10.9. The van der Waals surface area contributed by atoms with E-state index in [2.05, 4.69) is 23.3 Å². The van der Waals surface area contributed by atoms with Gasteiger partial charge in [-0.3, -0.25) is 9.59 Å². The van der Waals surface area contributed by atoms with Crippen LogP contribution in [0.5, 0.6) is 0 Å². The number of amides is 2. The second-order valence-corrected chi connectivity index (χ2v) is 13.6. The van der Waals surface area contributed by atoms with E-state index in [0.29, 0.717) is 23.9 Å². The lowest BCUT2D eigenvalue weighted by Crippen LogP contribution is -2.59. The van der Waals surface area contributed by atoms with Crippen LogP contribution in [0.2, 0.25) is 0 Å². The number of esters is 1. The predicted octanol–water partition coefficient (Wildman–Crippen LogP) is 5.24. The van der Waals surface area contributed by atoms with E-state index in [9.17, 15) is 22.8 Å². The van der Waals surface area contributed by atoms with Gasteiger partial charge in [0.05, 0.1) is 4.90 Å². The maximum atomic E-state index is 14.4. The molecule has 0 aromatic heterocycles. The number of benzene rings is 3. The second kappa shape index (κ2) is 11.1. The first-order chi connectivity index (χ1) is 18.7. The number of hydrogen-bond donors (Lipinski definition) is 3. The van der Waals surface area contributed by atoms with Crippen molar-refractivity contribution in [2.75, 3.05) is 17.2 Å². The van der Waals surface area contributed by atoms with Crippen LogP contribution in [0.4, 0.5) is 16.2 Å². The van der Waals surface area contributed by atoms with Crippen LogP contribution in [0, 0.1) is 0 Å². The minimum absolute atomic E-state index is 0.0534. The molecule has 1 fully saturated rings. The number of ether oxygens (including phenoxy) is 1. The maximum Gasteiger partial charge on any atom is 0.329 e. The van der Waals surface area contributed by atoms with Crippen molar-refractivity contribution in [2.24, 2.45) is 0 Å². The minimum Gasteiger partial charge on any atom is -0.458 e. The smallest absolute Gasteiger partial charge is 0.329 e. The van der Waals surface area contributed by atoms with Gasteiger partial charge in [-0.05, 0) is 81.6 Å². The maximum absolute atomic E-state index is 14.4. The average molecular weight is 584 g/mol. The molecule has 2 amide bonds. The van der Waals surface area contributed by atoms with Crippen LogP contribution in [-0.4, -0.2) is 53.5 Å². The van der Waals surface area contributed by atoms with Crippen molar-refractivity contribution in [1.82, 2.24) is 4.90 Å². The highest BCUT2D eigenvalue weighted by Gasteiger charge is 2.52. The van der Waals surface area contributed by atoms with E-state index in [1.54, 1.807) is 57.2 Å². The van der Waals surface area contributed by atoms with Gasteiger partial charge in [0, 0.05) is 17.9 Å². The van der Waals surface area contributed by atoms with Gasteiger partial charge in [0.1, 0.15) is 11.6 Å². The molecule has 11 heteroatoms. The van der Waals surface area contributed by atoms with E-state index >= 15 is 0 Å².